The lowest BCUT2D eigenvalue weighted by Gasteiger charge is -2.15. The Balaban J connectivity index is 1.69. The summed E-state index contributed by atoms with van der Waals surface area (Å²) in [6, 6.07) is 8.43. The first-order chi connectivity index (χ1) is 12.4. The predicted molar refractivity (Wildman–Crippen MR) is 80.2 cm³/mol. The molecule has 0 spiro atoms. The SMILES string of the molecule is O=C(NCc1nc(C(F)(F)F)n[nH]1)[C@H](Cc1ccccc1)n1cnnn1. The molecule has 1 atom stereocenters. The van der Waals surface area contributed by atoms with Crippen molar-refractivity contribution in [3.63, 3.8) is 0 Å². The first-order valence-electron chi connectivity index (χ1n) is 7.46. The number of aromatic amines is 1. The molecule has 0 bridgehead atoms. The Hall–Kier alpha value is -3.31. The fourth-order valence-corrected chi connectivity index (χ4v) is 2.24. The second-order valence-corrected chi connectivity index (χ2v) is 5.32. The summed E-state index contributed by atoms with van der Waals surface area (Å²) in [5, 5.41) is 18.5. The molecule has 0 saturated heterocycles. The van der Waals surface area contributed by atoms with Crippen LogP contribution in [-0.4, -0.2) is 41.3 Å². The summed E-state index contributed by atoms with van der Waals surface area (Å²) in [5.41, 5.74) is 0.877. The van der Waals surface area contributed by atoms with Crippen LogP contribution in [0.5, 0.6) is 0 Å². The van der Waals surface area contributed by atoms with Gasteiger partial charge < -0.3 is 5.32 Å². The van der Waals surface area contributed by atoms with Crippen molar-refractivity contribution in [3.05, 3.63) is 53.9 Å². The van der Waals surface area contributed by atoms with E-state index in [1.165, 1.54) is 11.0 Å². The van der Waals surface area contributed by atoms with Crippen molar-refractivity contribution in [2.45, 2.75) is 25.2 Å². The average Bonchev–Trinajstić information content (AvgIpc) is 3.29. The lowest BCUT2D eigenvalue weighted by Crippen LogP contribution is -2.34. The lowest BCUT2D eigenvalue weighted by atomic mass is 10.1. The first-order valence-corrected chi connectivity index (χ1v) is 7.46. The zero-order chi connectivity index (χ0) is 18.6. The molecule has 136 valence electrons. The molecule has 0 saturated carbocycles. The van der Waals surface area contributed by atoms with Gasteiger partial charge in [-0.15, -0.1) is 10.2 Å². The zero-order valence-corrected chi connectivity index (χ0v) is 13.2. The van der Waals surface area contributed by atoms with Crippen LogP contribution in [0.4, 0.5) is 13.2 Å². The van der Waals surface area contributed by atoms with Gasteiger partial charge in [0.1, 0.15) is 18.2 Å². The predicted octanol–water partition coefficient (Wildman–Crippen LogP) is 0.910. The Kier molecular flexibility index (Phi) is 4.91. The van der Waals surface area contributed by atoms with Crippen molar-refractivity contribution >= 4 is 5.91 Å². The van der Waals surface area contributed by atoms with Gasteiger partial charge in [-0.05, 0) is 16.0 Å². The Bertz CT molecular complexity index is 847. The van der Waals surface area contributed by atoms with Gasteiger partial charge in [0.05, 0.1) is 6.54 Å². The average molecular weight is 366 g/mol. The fourth-order valence-electron chi connectivity index (χ4n) is 2.24. The number of carbonyl (C=O) groups excluding carboxylic acids is 1. The van der Waals surface area contributed by atoms with E-state index >= 15 is 0 Å². The van der Waals surface area contributed by atoms with Crippen LogP contribution < -0.4 is 5.32 Å². The smallest absolute Gasteiger partial charge is 0.347 e. The maximum atomic E-state index is 12.5. The molecule has 0 fully saturated rings. The summed E-state index contributed by atoms with van der Waals surface area (Å²) in [7, 11) is 0. The molecule has 0 unspecified atom stereocenters. The van der Waals surface area contributed by atoms with E-state index in [9.17, 15) is 18.0 Å². The van der Waals surface area contributed by atoms with Crippen LogP contribution in [0.3, 0.4) is 0 Å². The number of H-pyrrole nitrogens is 1. The van der Waals surface area contributed by atoms with Crippen LogP contribution in [-0.2, 0) is 23.9 Å². The van der Waals surface area contributed by atoms with E-state index in [0.717, 1.165) is 5.56 Å². The molecular weight excluding hydrogens is 353 g/mol. The van der Waals surface area contributed by atoms with Crippen molar-refractivity contribution in [1.29, 1.82) is 0 Å². The largest absolute Gasteiger partial charge is 0.453 e. The van der Waals surface area contributed by atoms with Crippen LogP contribution >= 0.6 is 0 Å². The number of carbonyl (C=O) groups is 1. The fraction of sp³-hybridized carbons (Fsp3) is 0.286. The Morgan fingerprint density at radius 2 is 2.04 bits per heavy atom. The van der Waals surface area contributed by atoms with E-state index in [1.54, 1.807) is 0 Å². The van der Waals surface area contributed by atoms with Crippen molar-refractivity contribution < 1.29 is 18.0 Å². The van der Waals surface area contributed by atoms with Gasteiger partial charge >= 0.3 is 6.18 Å². The number of benzene rings is 1. The van der Waals surface area contributed by atoms with Crippen LogP contribution in [0.15, 0.2) is 36.7 Å². The van der Waals surface area contributed by atoms with Crippen molar-refractivity contribution in [2.75, 3.05) is 0 Å². The highest BCUT2D eigenvalue weighted by molar-refractivity contribution is 5.80. The van der Waals surface area contributed by atoms with E-state index in [-0.39, 0.29) is 12.4 Å². The maximum absolute atomic E-state index is 12.5. The second-order valence-electron chi connectivity index (χ2n) is 5.32. The van der Waals surface area contributed by atoms with E-state index < -0.39 is 23.9 Å². The van der Waals surface area contributed by atoms with E-state index in [4.69, 9.17) is 0 Å². The van der Waals surface area contributed by atoms with E-state index in [1.807, 2.05) is 30.3 Å². The van der Waals surface area contributed by atoms with Gasteiger partial charge in [-0.1, -0.05) is 30.3 Å². The number of aromatic nitrogens is 7. The summed E-state index contributed by atoms with van der Waals surface area (Å²) in [6.45, 7) is -0.241. The molecule has 0 aliphatic carbocycles. The molecule has 3 rings (SSSR count). The van der Waals surface area contributed by atoms with Crippen LogP contribution in [0, 0.1) is 0 Å². The highest BCUT2D eigenvalue weighted by Crippen LogP contribution is 2.25. The van der Waals surface area contributed by atoms with Crippen molar-refractivity contribution in [3.8, 4) is 0 Å². The van der Waals surface area contributed by atoms with Crippen molar-refractivity contribution in [1.82, 2.24) is 40.7 Å². The van der Waals surface area contributed by atoms with Gasteiger partial charge in [0.15, 0.2) is 0 Å². The number of alkyl halides is 3. The van der Waals surface area contributed by atoms with Gasteiger partial charge in [0.2, 0.25) is 5.91 Å². The summed E-state index contributed by atoms with van der Waals surface area (Å²) < 4.78 is 38.8. The summed E-state index contributed by atoms with van der Waals surface area (Å²) in [5.74, 6) is -1.87. The molecule has 26 heavy (non-hydrogen) atoms. The molecule has 0 aliphatic heterocycles. The number of tetrazole rings is 1. The first kappa shape index (κ1) is 17.5. The number of hydrogen-bond acceptors (Lipinski definition) is 6. The highest BCUT2D eigenvalue weighted by atomic mass is 19.4. The lowest BCUT2D eigenvalue weighted by molar-refractivity contribution is -0.144. The van der Waals surface area contributed by atoms with Crippen LogP contribution in [0.25, 0.3) is 0 Å². The second kappa shape index (κ2) is 7.29. The molecule has 9 nitrogen and oxygen atoms in total. The third-order valence-corrected chi connectivity index (χ3v) is 3.47. The van der Waals surface area contributed by atoms with E-state index in [2.05, 4.69) is 36.0 Å². The standard InChI is InChI=1S/C14H13F3N8O/c15-14(16,17)13-20-11(21-22-13)7-18-12(26)10(25-8-19-23-24-25)6-9-4-2-1-3-5-9/h1-5,8,10H,6-7H2,(H,18,26)(H,20,21,22)/t10-/m0/s1. The van der Waals surface area contributed by atoms with E-state index in [0.29, 0.717) is 6.42 Å². The molecule has 3 aromatic rings. The third kappa shape index (κ3) is 4.20. The number of nitrogens with zero attached hydrogens (tertiary/aromatic N) is 6. The molecule has 12 heteroatoms. The molecule has 2 N–H and O–H groups in total. The highest BCUT2D eigenvalue weighted by Gasteiger charge is 2.36. The zero-order valence-electron chi connectivity index (χ0n) is 13.2. The number of hydrogen-bond donors (Lipinski definition) is 2. The Morgan fingerprint density at radius 1 is 1.27 bits per heavy atom. The maximum Gasteiger partial charge on any atom is 0.453 e. The summed E-state index contributed by atoms with van der Waals surface area (Å²) in [6.07, 6.45) is -3.05. The van der Waals surface area contributed by atoms with Crippen LogP contribution in [0.1, 0.15) is 23.3 Å². The summed E-state index contributed by atoms with van der Waals surface area (Å²) in [4.78, 5) is 15.8. The van der Waals surface area contributed by atoms with Gasteiger partial charge in [-0.2, -0.15) is 13.2 Å². The minimum absolute atomic E-state index is 0.110. The minimum atomic E-state index is -4.65. The third-order valence-electron chi connectivity index (χ3n) is 3.47. The molecule has 0 aliphatic rings. The Morgan fingerprint density at radius 3 is 2.65 bits per heavy atom. The molecule has 1 aromatic carbocycles. The number of rotatable bonds is 6. The van der Waals surface area contributed by atoms with Crippen molar-refractivity contribution in [2.24, 2.45) is 0 Å². The summed E-state index contributed by atoms with van der Waals surface area (Å²) >= 11 is 0. The molecular formula is C14H13F3N8O. The van der Waals surface area contributed by atoms with Gasteiger partial charge in [-0.3, -0.25) is 9.89 Å². The quantitative estimate of drug-likeness (QED) is 0.670. The van der Waals surface area contributed by atoms with Gasteiger partial charge in [0.25, 0.3) is 5.82 Å². The van der Waals surface area contributed by atoms with Gasteiger partial charge in [-0.25, -0.2) is 9.67 Å². The van der Waals surface area contributed by atoms with Gasteiger partial charge in [0, 0.05) is 6.42 Å². The molecule has 0 radical (unpaired) electrons. The monoisotopic (exact) mass is 366 g/mol. The minimum Gasteiger partial charge on any atom is -0.347 e. The Labute approximate surface area is 144 Å². The number of amides is 1. The normalized spacial score (nSPS) is 12.7. The molecule has 2 heterocycles. The van der Waals surface area contributed by atoms with Crippen LogP contribution in [0.2, 0.25) is 0 Å². The molecule has 2 aromatic heterocycles. The molecule has 1 amide bonds. The topological polar surface area (TPSA) is 114 Å². The number of nitrogens with one attached hydrogen (secondary N) is 2. The number of halogens is 3.